The minimum Gasteiger partial charge on any atom is -0.383 e. The molecule has 0 spiro atoms. The van der Waals surface area contributed by atoms with E-state index in [1.165, 1.54) is 10.7 Å². The van der Waals surface area contributed by atoms with Crippen LogP contribution in [0.4, 0.5) is 5.82 Å². The number of aromatic nitrogens is 3. The van der Waals surface area contributed by atoms with Crippen LogP contribution in [0.1, 0.15) is 34.1 Å². The van der Waals surface area contributed by atoms with E-state index in [4.69, 9.17) is 10.5 Å². The Balaban J connectivity index is 1.53. The third kappa shape index (κ3) is 4.38. The van der Waals surface area contributed by atoms with Gasteiger partial charge in [0.05, 0.1) is 30.5 Å². The van der Waals surface area contributed by atoms with Crippen molar-refractivity contribution in [3.63, 3.8) is 0 Å². The smallest absolute Gasteiger partial charge is 0.257 e. The van der Waals surface area contributed by atoms with Gasteiger partial charge in [0.1, 0.15) is 5.82 Å². The number of carbonyl (C=O) groups is 1. The predicted molar refractivity (Wildman–Crippen MR) is 111 cm³/mol. The number of amides is 1. The molecule has 152 valence electrons. The van der Waals surface area contributed by atoms with Gasteiger partial charge in [0.2, 0.25) is 0 Å². The van der Waals surface area contributed by atoms with Crippen LogP contribution in [0.5, 0.6) is 0 Å². The standard InChI is InChI=1S/C21H26N6O2/c1-15-13-19-23-14-17(20(22)27(19)25-15)21(28)24-18(16-5-3-2-4-6-16)7-8-26-9-11-29-12-10-26/h2-6,13-14,18H,7-12,22H2,1H3,(H,24,28)/t18-/m1/s1. The van der Waals surface area contributed by atoms with E-state index >= 15 is 0 Å². The number of nitrogens with two attached hydrogens (primary N) is 1. The Morgan fingerprint density at radius 3 is 2.79 bits per heavy atom. The van der Waals surface area contributed by atoms with Gasteiger partial charge in [-0.25, -0.2) is 4.98 Å². The summed E-state index contributed by atoms with van der Waals surface area (Å²) in [5, 5.41) is 7.46. The van der Waals surface area contributed by atoms with Crippen LogP contribution in [0.15, 0.2) is 42.6 Å². The molecule has 0 unspecified atom stereocenters. The van der Waals surface area contributed by atoms with E-state index in [1.54, 1.807) is 0 Å². The number of benzene rings is 1. The first kappa shape index (κ1) is 19.4. The fourth-order valence-electron chi connectivity index (χ4n) is 3.62. The molecule has 0 saturated carbocycles. The van der Waals surface area contributed by atoms with Gasteiger partial charge >= 0.3 is 0 Å². The van der Waals surface area contributed by atoms with Gasteiger partial charge in [-0.05, 0) is 18.9 Å². The van der Waals surface area contributed by atoms with Crippen LogP contribution in [0.3, 0.4) is 0 Å². The van der Waals surface area contributed by atoms with Crippen LogP contribution < -0.4 is 11.1 Å². The van der Waals surface area contributed by atoms with Crippen molar-refractivity contribution >= 4 is 17.4 Å². The number of ether oxygens (including phenoxy) is 1. The summed E-state index contributed by atoms with van der Waals surface area (Å²) in [5.74, 6) is 0.0430. The second-order valence-corrected chi connectivity index (χ2v) is 7.29. The lowest BCUT2D eigenvalue weighted by Gasteiger charge is -2.29. The van der Waals surface area contributed by atoms with Crippen molar-refractivity contribution in [2.75, 3.05) is 38.6 Å². The van der Waals surface area contributed by atoms with Gasteiger partial charge in [0, 0.05) is 31.9 Å². The Bertz CT molecular complexity index is 982. The second kappa shape index (κ2) is 8.59. The second-order valence-electron chi connectivity index (χ2n) is 7.29. The van der Waals surface area contributed by atoms with Crippen LogP contribution in [-0.4, -0.2) is 58.3 Å². The van der Waals surface area contributed by atoms with Gasteiger partial charge in [-0.1, -0.05) is 30.3 Å². The molecule has 1 aliphatic heterocycles. The minimum atomic E-state index is -0.249. The van der Waals surface area contributed by atoms with Gasteiger partial charge in [0.15, 0.2) is 5.65 Å². The summed E-state index contributed by atoms with van der Waals surface area (Å²) in [6.45, 7) is 6.10. The van der Waals surface area contributed by atoms with E-state index in [9.17, 15) is 4.79 Å². The van der Waals surface area contributed by atoms with Gasteiger partial charge in [-0.15, -0.1) is 0 Å². The van der Waals surface area contributed by atoms with Crippen molar-refractivity contribution in [2.24, 2.45) is 0 Å². The van der Waals surface area contributed by atoms with Crippen molar-refractivity contribution < 1.29 is 9.53 Å². The minimum absolute atomic E-state index is 0.124. The number of aryl methyl sites for hydroxylation is 1. The molecule has 4 rings (SSSR count). The van der Waals surface area contributed by atoms with E-state index in [-0.39, 0.29) is 11.9 Å². The van der Waals surface area contributed by atoms with Crippen LogP contribution in [-0.2, 0) is 4.74 Å². The largest absolute Gasteiger partial charge is 0.383 e. The SMILES string of the molecule is Cc1cc2ncc(C(=O)N[C@H](CCN3CCOCC3)c3ccccc3)c(N)n2n1. The zero-order chi connectivity index (χ0) is 20.2. The van der Waals surface area contributed by atoms with E-state index in [0.717, 1.165) is 50.5 Å². The van der Waals surface area contributed by atoms with Crippen LogP contribution in [0, 0.1) is 6.92 Å². The van der Waals surface area contributed by atoms with Crippen molar-refractivity contribution in [3.05, 3.63) is 59.4 Å². The number of anilines is 1. The Morgan fingerprint density at radius 2 is 2.03 bits per heavy atom. The molecule has 1 aliphatic rings. The number of morpholine rings is 1. The normalized spacial score (nSPS) is 16.0. The van der Waals surface area contributed by atoms with Crippen molar-refractivity contribution in [3.8, 4) is 0 Å². The maximum absolute atomic E-state index is 13.0. The summed E-state index contributed by atoms with van der Waals surface area (Å²) < 4.78 is 6.93. The lowest BCUT2D eigenvalue weighted by molar-refractivity contribution is 0.0360. The molecule has 8 nitrogen and oxygen atoms in total. The lowest BCUT2D eigenvalue weighted by Crippen LogP contribution is -2.39. The average molecular weight is 394 g/mol. The molecule has 1 aromatic carbocycles. The summed E-state index contributed by atoms with van der Waals surface area (Å²) in [5.41, 5.74) is 9.04. The first-order valence-corrected chi connectivity index (χ1v) is 9.88. The molecule has 2 aromatic heterocycles. The van der Waals surface area contributed by atoms with Gasteiger partial charge in [-0.3, -0.25) is 9.69 Å². The van der Waals surface area contributed by atoms with E-state index in [2.05, 4.69) is 20.3 Å². The molecule has 3 aromatic rings. The van der Waals surface area contributed by atoms with E-state index in [0.29, 0.717) is 17.0 Å². The Labute approximate surface area is 169 Å². The quantitative estimate of drug-likeness (QED) is 0.662. The fraction of sp³-hybridized carbons (Fsp3) is 0.381. The van der Waals surface area contributed by atoms with E-state index < -0.39 is 0 Å². The summed E-state index contributed by atoms with van der Waals surface area (Å²) in [6.07, 6.45) is 2.32. The molecule has 29 heavy (non-hydrogen) atoms. The zero-order valence-corrected chi connectivity index (χ0v) is 16.5. The number of nitrogens with zero attached hydrogens (tertiary/aromatic N) is 4. The number of nitrogen functional groups attached to an aromatic ring is 1. The first-order valence-electron chi connectivity index (χ1n) is 9.88. The Morgan fingerprint density at radius 1 is 1.28 bits per heavy atom. The fourth-order valence-corrected chi connectivity index (χ4v) is 3.62. The number of hydrogen-bond acceptors (Lipinski definition) is 6. The Hall–Kier alpha value is -2.97. The number of rotatable bonds is 6. The summed E-state index contributed by atoms with van der Waals surface area (Å²) in [6, 6.07) is 11.7. The molecule has 1 amide bonds. The van der Waals surface area contributed by atoms with Crippen LogP contribution in [0.25, 0.3) is 5.65 Å². The number of hydrogen-bond donors (Lipinski definition) is 2. The average Bonchev–Trinajstić information content (AvgIpc) is 3.14. The molecule has 3 N–H and O–H groups in total. The molecular formula is C21H26N6O2. The number of carbonyl (C=O) groups excluding carboxylic acids is 1. The van der Waals surface area contributed by atoms with Gasteiger partial charge in [-0.2, -0.15) is 9.61 Å². The molecule has 1 saturated heterocycles. The van der Waals surface area contributed by atoms with Crippen LogP contribution in [0.2, 0.25) is 0 Å². The highest BCUT2D eigenvalue weighted by molar-refractivity contribution is 5.98. The molecular weight excluding hydrogens is 368 g/mol. The molecule has 0 aliphatic carbocycles. The molecule has 1 atom stereocenters. The highest BCUT2D eigenvalue weighted by atomic mass is 16.5. The van der Waals surface area contributed by atoms with Crippen molar-refractivity contribution in [1.29, 1.82) is 0 Å². The number of nitrogens with one attached hydrogen (secondary N) is 1. The molecule has 8 heteroatoms. The molecule has 0 bridgehead atoms. The van der Waals surface area contributed by atoms with Crippen molar-refractivity contribution in [2.45, 2.75) is 19.4 Å². The number of fused-ring (bicyclic) bond motifs is 1. The lowest BCUT2D eigenvalue weighted by atomic mass is 10.0. The zero-order valence-electron chi connectivity index (χ0n) is 16.5. The molecule has 3 heterocycles. The third-order valence-corrected chi connectivity index (χ3v) is 5.23. The topological polar surface area (TPSA) is 97.8 Å². The van der Waals surface area contributed by atoms with Gasteiger partial charge < -0.3 is 15.8 Å². The summed E-state index contributed by atoms with van der Waals surface area (Å²) in [4.78, 5) is 19.7. The summed E-state index contributed by atoms with van der Waals surface area (Å²) in [7, 11) is 0. The van der Waals surface area contributed by atoms with Gasteiger partial charge in [0.25, 0.3) is 5.91 Å². The molecule has 0 radical (unpaired) electrons. The maximum atomic E-state index is 13.0. The highest BCUT2D eigenvalue weighted by Crippen LogP contribution is 2.20. The highest BCUT2D eigenvalue weighted by Gasteiger charge is 2.21. The first-order chi connectivity index (χ1) is 14.1. The third-order valence-electron chi connectivity index (χ3n) is 5.23. The Kier molecular flexibility index (Phi) is 5.73. The monoisotopic (exact) mass is 394 g/mol. The van der Waals surface area contributed by atoms with Crippen LogP contribution >= 0.6 is 0 Å². The molecule has 1 fully saturated rings. The summed E-state index contributed by atoms with van der Waals surface area (Å²) >= 11 is 0. The van der Waals surface area contributed by atoms with Crippen molar-refractivity contribution in [1.82, 2.24) is 24.8 Å². The predicted octanol–water partition coefficient (Wildman–Crippen LogP) is 1.81. The van der Waals surface area contributed by atoms with E-state index in [1.807, 2.05) is 43.3 Å². The maximum Gasteiger partial charge on any atom is 0.257 e.